The van der Waals surface area contributed by atoms with Crippen LogP contribution in [0.4, 0.5) is 0 Å². The van der Waals surface area contributed by atoms with Crippen molar-refractivity contribution in [2.45, 2.75) is 0 Å². The molecule has 4 aromatic rings. The number of nitrogens with zero attached hydrogens (tertiary/aromatic N) is 5. The van der Waals surface area contributed by atoms with Crippen molar-refractivity contribution in [2.24, 2.45) is 0 Å². The lowest BCUT2D eigenvalue weighted by Gasteiger charge is -1.93. The summed E-state index contributed by atoms with van der Waals surface area (Å²) in [5, 5.41) is 8.39. The van der Waals surface area contributed by atoms with Gasteiger partial charge in [0.1, 0.15) is 0 Å². The predicted octanol–water partition coefficient (Wildman–Crippen LogP) is 3.50. The molecule has 7 nitrogen and oxygen atoms in total. The van der Waals surface area contributed by atoms with Gasteiger partial charge in [0.15, 0.2) is 0 Å². The lowest BCUT2D eigenvalue weighted by atomic mass is 10.2. The highest BCUT2D eigenvalue weighted by molar-refractivity contribution is 6.30. The molecule has 3 aromatic heterocycles. The Morgan fingerprint density at radius 2 is 1.43 bits per heavy atom. The zero-order valence-corrected chi connectivity index (χ0v) is 12.3. The standard InChI is InChI=1S/C15H8ClN5O2/c16-11-3-1-2-10(8-11)13-19-15(23-21-13)14-18-12(20-22-14)9-4-6-17-7-5-9/h1-8H. The van der Waals surface area contributed by atoms with Gasteiger partial charge in [-0.05, 0) is 24.3 Å². The molecule has 0 spiro atoms. The quantitative estimate of drug-likeness (QED) is 0.569. The molecule has 0 N–H and O–H groups in total. The van der Waals surface area contributed by atoms with E-state index in [2.05, 4.69) is 25.3 Å². The molecule has 0 amide bonds. The van der Waals surface area contributed by atoms with E-state index in [0.29, 0.717) is 16.7 Å². The van der Waals surface area contributed by atoms with Gasteiger partial charge in [-0.1, -0.05) is 34.0 Å². The number of halogens is 1. The van der Waals surface area contributed by atoms with E-state index in [-0.39, 0.29) is 11.8 Å². The minimum Gasteiger partial charge on any atom is -0.328 e. The molecule has 0 saturated heterocycles. The number of aromatic nitrogens is 5. The molecule has 0 fully saturated rings. The first-order valence-electron chi connectivity index (χ1n) is 6.64. The predicted molar refractivity (Wildman–Crippen MR) is 81.3 cm³/mol. The second kappa shape index (κ2) is 5.62. The van der Waals surface area contributed by atoms with Gasteiger partial charge in [-0.15, -0.1) is 0 Å². The van der Waals surface area contributed by atoms with Crippen molar-refractivity contribution in [3.63, 3.8) is 0 Å². The Morgan fingerprint density at radius 1 is 0.783 bits per heavy atom. The number of hydrogen-bond donors (Lipinski definition) is 0. The van der Waals surface area contributed by atoms with E-state index >= 15 is 0 Å². The van der Waals surface area contributed by atoms with Gasteiger partial charge in [0.25, 0.3) is 0 Å². The summed E-state index contributed by atoms with van der Waals surface area (Å²) < 4.78 is 10.4. The average Bonchev–Trinajstić information content (AvgIpc) is 3.25. The van der Waals surface area contributed by atoms with E-state index in [1.807, 2.05) is 12.1 Å². The topological polar surface area (TPSA) is 90.7 Å². The summed E-state index contributed by atoms with van der Waals surface area (Å²) in [5.41, 5.74) is 1.52. The smallest absolute Gasteiger partial charge is 0.316 e. The SMILES string of the molecule is Clc1cccc(-c2noc(-c3nc(-c4ccncc4)no3)n2)c1. The van der Waals surface area contributed by atoms with Crippen LogP contribution in [0.15, 0.2) is 57.8 Å². The molecule has 0 aliphatic heterocycles. The third-order valence-electron chi connectivity index (χ3n) is 3.06. The fourth-order valence-corrected chi connectivity index (χ4v) is 2.17. The van der Waals surface area contributed by atoms with Gasteiger partial charge in [-0.3, -0.25) is 4.98 Å². The van der Waals surface area contributed by atoms with E-state index < -0.39 is 0 Å². The molecule has 0 radical (unpaired) electrons. The van der Waals surface area contributed by atoms with E-state index in [1.54, 1.807) is 36.7 Å². The number of rotatable bonds is 3. The minimum absolute atomic E-state index is 0.146. The lowest BCUT2D eigenvalue weighted by Crippen LogP contribution is -1.82. The summed E-state index contributed by atoms with van der Waals surface area (Å²) in [7, 11) is 0. The van der Waals surface area contributed by atoms with Gasteiger partial charge in [0, 0.05) is 28.5 Å². The van der Waals surface area contributed by atoms with Crippen LogP contribution >= 0.6 is 11.6 Å². The fourth-order valence-electron chi connectivity index (χ4n) is 1.98. The second-order valence-corrected chi connectivity index (χ2v) is 5.03. The molecule has 0 aliphatic rings. The Labute approximate surface area is 134 Å². The van der Waals surface area contributed by atoms with Crippen LogP contribution in [0.1, 0.15) is 0 Å². The maximum atomic E-state index is 5.96. The Hall–Kier alpha value is -3.06. The highest BCUT2D eigenvalue weighted by Crippen LogP contribution is 2.24. The van der Waals surface area contributed by atoms with Crippen molar-refractivity contribution in [1.29, 1.82) is 0 Å². The normalized spacial score (nSPS) is 10.8. The van der Waals surface area contributed by atoms with Crippen LogP contribution < -0.4 is 0 Å². The van der Waals surface area contributed by atoms with Crippen LogP contribution in [0.25, 0.3) is 34.6 Å². The summed E-state index contributed by atoms with van der Waals surface area (Å²) in [4.78, 5) is 12.4. The van der Waals surface area contributed by atoms with E-state index in [4.69, 9.17) is 20.6 Å². The third-order valence-corrected chi connectivity index (χ3v) is 3.29. The molecule has 4 rings (SSSR count). The Kier molecular flexibility index (Phi) is 3.32. The van der Waals surface area contributed by atoms with Crippen LogP contribution in [-0.4, -0.2) is 25.3 Å². The van der Waals surface area contributed by atoms with Gasteiger partial charge in [0.2, 0.25) is 11.6 Å². The summed E-state index contributed by atoms with van der Waals surface area (Å²) >= 11 is 5.96. The first kappa shape index (κ1) is 13.6. The van der Waals surface area contributed by atoms with Crippen molar-refractivity contribution in [1.82, 2.24) is 25.3 Å². The van der Waals surface area contributed by atoms with Crippen molar-refractivity contribution < 1.29 is 9.05 Å². The summed E-state index contributed by atoms with van der Waals surface area (Å²) in [6.07, 6.45) is 3.30. The first-order valence-corrected chi connectivity index (χ1v) is 7.01. The van der Waals surface area contributed by atoms with E-state index in [0.717, 1.165) is 11.1 Å². The molecular formula is C15H8ClN5O2. The Bertz CT molecular complexity index is 951. The van der Waals surface area contributed by atoms with Crippen LogP contribution in [-0.2, 0) is 0 Å². The molecule has 0 saturated carbocycles. The Morgan fingerprint density at radius 3 is 2.09 bits per heavy atom. The van der Waals surface area contributed by atoms with Crippen molar-refractivity contribution in [2.75, 3.05) is 0 Å². The van der Waals surface area contributed by atoms with Gasteiger partial charge in [0.05, 0.1) is 0 Å². The molecule has 23 heavy (non-hydrogen) atoms. The summed E-state index contributed by atoms with van der Waals surface area (Å²) in [5.74, 6) is 1.11. The summed E-state index contributed by atoms with van der Waals surface area (Å²) in [6, 6.07) is 10.7. The van der Waals surface area contributed by atoms with Crippen LogP contribution in [0, 0.1) is 0 Å². The van der Waals surface area contributed by atoms with E-state index in [1.165, 1.54) is 0 Å². The molecule has 0 bridgehead atoms. The molecule has 112 valence electrons. The zero-order valence-electron chi connectivity index (χ0n) is 11.5. The maximum absolute atomic E-state index is 5.96. The lowest BCUT2D eigenvalue weighted by molar-refractivity contribution is 0.383. The highest BCUT2D eigenvalue weighted by atomic mass is 35.5. The van der Waals surface area contributed by atoms with E-state index in [9.17, 15) is 0 Å². The van der Waals surface area contributed by atoms with Crippen LogP contribution in [0.5, 0.6) is 0 Å². The largest absolute Gasteiger partial charge is 0.328 e. The zero-order chi connectivity index (χ0) is 15.6. The van der Waals surface area contributed by atoms with Gasteiger partial charge in [-0.25, -0.2) is 0 Å². The van der Waals surface area contributed by atoms with Crippen molar-refractivity contribution in [3.05, 3.63) is 53.8 Å². The first-order chi connectivity index (χ1) is 11.3. The van der Waals surface area contributed by atoms with Gasteiger partial charge in [-0.2, -0.15) is 9.97 Å². The number of hydrogen-bond acceptors (Lipinski definition) is 7. The van der Waals surface area contributed by atoms with Crippen LogP contribution in [0.3, 0.4) is 0 Å². The maximum Gasteiger partial charge on any atom is 0.316 e. The van der Waals surface area contributed by atoms with Crippen molar-refractivity contribution in [3.8, 4) is 34.6 Å². The molecule has 8 heteroatoms. The molecular weight excluding hydrogens is 318 g/mol. The molecule has 3 heterocycles. The highest BCUT2D eigenvalue weighted by Gasteiger charge is 2.18. The average molecular weight is 326 g/mol. The fraction of sp³-hybridized carbons (Fsp3) is 0. The van der Waals surface area contributed by atoms with Crippen molar-refractivity contribution >= 4 is 11.6 Å². The van der Waals surface area contributed by atoms with Gasteiger partial charge < -0.3 is 9.05 Å². The minimum atomic E-state index is 0.146. The number of benzene rings is 1. The monoisotopic (exact) mass is 325 g/mol. The molecule has 0 atom stereocenters. The Balaban J connectivity index is 1.66. The van der Waals surface area contributed by atoms with Gasteiger partial charge >= 0.3 is 11.8 Å². The molecule has 0 aliphatic carbocycles. The molecule has 1 aromatic carbocycles. The second-order valence-electron chi connectivity index (χ2n) is 4.59. The van der Waals surface area contributed by atoms with Crippen LogP contribution in [0.2, 0.25) is 5.02 Å². The number of pyridine rings is 1. The summed E-state index contributed by atoms with van der Waals surface area (Å²) in [6.45, 7) is 0. The third kappa shape index (κ3) is 2.69. The molecule has 0 unspecified atom stereocenters.